The van der Waals surface area contributed by atoms with Crippen molar-refractivity contribution in [1.82, 2.24) is 4.98 Å². The number of hydrogen-bond donors (Lipinski definition) is 0. The van der Waals surface area contributed by atoms with Crippen LogP contribution in [0.2, 0.25) is 0 Å². The number of aldehydes is 1. The van der Waals surface area contributed by atoms with Crippen molar-refractivity contribution in [2.24, 2.45) is 0 Å². The number of nitrogens with zero attached hydrogens (tertiary/aromatic N) is 2. The van der Waals surface area contributed by atoms with Crippen molar-refractivity contribution in [3.63, 3.8) is 0 Å². The van der Waals surface area contributed by atoms with Gasteiger partial charge in [0.2, 0.25) is 0 Å². The highest BCUT2D eigenvalue weighted by atomic mass is 16.6. The van der Waals surface area contributed by atoms with Crippen molar-refractivity contribution in [2.45, 2.75) is 32.8 Å². The van der Waals surface area contributed by atoms with E-state index in [0.717, 1.165) is 0 Å². The van der Waals surface area contributed by atoms with E-state index in [4.69, 9.17) is 9.47 Å². The zero-order chi connectivity index (χ0) is 16.2. The summed E-state index contributed by atoms with van der Waals surface area (Å²) in [6, 6.07) is 1.18. The van der Waals surface area contributed by atoms with E-state index in [0.29, 0.717) is 6.29 Å². The van der Waals surface area contributed by atoms with Gasteiger partial charge >= 0.3 is 11.7 Å². The van der Waals surface area contributed by atoms with Gasteiger partial charge in [0.1, 0.15) is 5.60 Å². The van der Waals surface area contributed by atoms with Gasteiger partial charge in [-0.3, -0.25) is 19.7 Å². The molecule has 21 heavy (non-hydrogen) atoms. The summed E-state index contributed by atoms with van der Waals surface area (Å²) in [4.78, 5) is 36.7. The second kappa shape index (κ2) is 6.29. The van der Waals surface area contributed by atoms with Gasteiger partial charge in [-0.1, -0.05) is 0 Å². The molecule has 0 saturated carbocycles. The molecule has 1 rings (SSSR count). The standard InChI is InChI=1S/C13H16N2O6/c1-13(2,3)21-10(17)6-9-5-8(7-16)11(15(18)19)12(14-9)20-4/h5,7H,6H2,1-4H3. The van der Waals surface area contributed by atoms with Gasteiger partial charge in [-0.2, -0.15) is 0 Å². The molecule has 0 fully saturated rings. The predicted molar refractivity (Wildman–Crippen MR) is 72.4 cm³/mol. The number of hydrogen-bond acceptors (Lipinski definition) is 7. The molecule has 8 heteroatoms. The van der Waals surface area contributed by atoms with Gasteiger partial charge in [0.05, 0.1) is 29.7 Å². The molecule has 0 unspecified atom stereocenters. The van der Waals surface area contributed by atoms with Gasteiger partial charge in [-0.15, -0.1) is 0 Å². The second-order valence-electron chi connectivity index (χ2n) is 5.20. The van der Waals surface area contributed by atoms with Crippen LogP contribution in [0.3, 0.4) is 0 Å². The molecule has 0 amide bonds. The number of pyridine rings is 1. The van der Waals surface area contributed by atoms with Crippen LogP contribution in [0.15, 0.2) is 6.07 Å². The SMILES string of the molecule is COc1nc(CC(=O)OC(C)(C)C)cc(C=O)c1[N+](=O)[O-]. The molecular formula is C13H16N2O6. The fraction of sp³-hybridized carbons (Fsp3) is 0.462. The lowest BCUT2D eigenvalue weighted by Gasteiger charge is -2.19. The molecule has 0 radical (unpaired) electrons. The predicted octanol–water partition coefficient (Wildman–Crippen LogP) is 1.70. The number of rotatable bonds is 5. The minimum Gasteiger partial charge on any atom is -0.476 e. The summed E-state index contributed by atoms with van der Waals surface area (Å²) < 4.78 is 9.93. The van der Waals surface area contributed by atoms with Crippen LogP contribution < -0.4 is 4.74 Å². The highest BCUT2D eigenvalue weighted by molar-refractivity contribution is 5.84. The molecule has 0 saturated heterocycles. The van der Waals surface area contributed by atoms with E-state index >= 15 is 0 Å². The summed E-state index contributed by atoms with van der Waals surface area (Å²) in [6.45, 7) is 5.14. The Kier molecular flexibility index (Phi) is 4.96. The molecule has 0 aliphatic rings. The maximum absolute atomic E-state index is 11.7. The van der Waals surface area contributed by atoms with Crippen molar-refractivity contribution in [3.05, 3.63) is 27.4 Å². The van der Waals surface area contributed by atoms with Crippen LogP contribution >= 0.6 is 0 Å². The summed E-state index contributed by atoms with van der Waals surface area (Å²) in [5.74, 6) is -0.870. The molecule has 0 aliphatic carbocycles. The van der Waals surface area contributed by atoms with E-state index in [1.807, 2.05) is 0 Å². The third-order valence-corrected chi connectivity index (χ3v) is 2.29. The summed E-state index contributed by atoms with van der Waals surface area (Å²) in [5.41, 5.74) is -1.23. The zero-order valence-electron chi connectivity index (χ0n) is 12.2. The van der Waals surface area contributed by atoms with Crippen molar-refractivity contribution in [2.75, 3.05) is 7.11 Å². The number of nitro groups is 1. The lowest BCUT2D eigenvalue weighted by atomic mass is 10.1. The largest absolute Gasteiger partial charge is 0.476 e. The summed E-state index contributed by atoms with van der Waals surface area (Å²) >= 11 is 0. The van der Waals surface area contributed by atoms with Gasteiger partial charge in [0, 0.05) is 0 Å². The summed E-state index contributed by atoms with van der Waals surface area (Å²) in [7, 11) is 1.20. The topological polar surface area (TPSA) is 109 Å². The van der Waals surface area contributed by atoms with Crippen LogP contribution in [0.25, 0.3) is 0 Å². The first-order valence-electron chi connectivity index (χ1n) is 6.07. The van der Waals surface area contributed by atoms with Crippen molar-refractivity contribution in [1.29, 1.82) is 0 Å². The third kappa shape index (κ3) is 4.51. The van der Waals surface area contributed by atoms with Crippen molar-refractivity contribution in [3.8, 4) is 5.88 Å². The van der Waals surface area contributed by atoms with E-state index in [1.165, 1.54) is 13.2 Å². The molecule has 1 heterocycles. The Morgan fingerprint density at radius 3 is 2.52 bits per heavy atom. The fourth-order valence-corrected chi connectivity index (χ4v) is 1.62. The van der Waals surface area contributed by atoms with E-state index in [1.54, 1.807) is 20.8 Å². The van der Waals surface area contributed by atoms with Gasteiger partial charge in [0.15, 0.2) is 6.29 Å². The molecule has 0 bridgehead atoms. The molecule has 0 atom stereocenters. The summed E-state index contributed by atoms with van der Waals surface area (Å²) in [6.07, 6.45) is 0.105. The second-order valence-corrected chi connectivity index (χ2v) is 5.20. The molecule has 0 N–H and O–H groups in total. The minimum absolute atomic E-state index is 0.161. The van der Waals surface area contributed by atoms with Crippen LogP contribution in [0.1, 0.15) is 36.8 Å². The lowest BCUT2D eigenvalue weighted by Crippen LogP contribution is -2.25. The van der Waals surface area contributed by atoms with Crippen LogP contribution in [0, 0.1) is 10.1 Å². The molecule has 114 valence electrons. The van der Waals surface area contributed by atoms with Crippen LogP contribution in [-0.2, 0) is 16.0 Å². The number of ether oxygens (including phenoxy) is 2. The van der Waals surface area contributed by atoms with E-state index in [2.05, 4.69) is 4.98 Å². The number of esters is 1. The normalized spacial score (nSPS) is 10.9. The Morgan fingerprint density at radius 1 is 1.48 bits per heavy atom. The molecule has 0 spiro atoms. The highest BCUT2D eigenvalue weighted by Crippen LogP contribution is 2.28. The highest BCUT2D eigenvalue weighted by Gasteiger charge is 2.25. The molecule has 0 aliphatic heterocycles. The first-order valence-corrected chi connectivity index (χ1v) is 6.07. The number of methoxy groups -OCH3 is 1. The smallest absolute Gasteiger partial charge is 0.341 e. The van der Waals surface area contributed by atoms with Gasteiger partial charge in [-0.05, 0) is 26.8 Å². The molecule has 1 aromatic heterocycles. The maximum atomic E-state index is 11.7. The van der Waals surface area contributed by atoms with Crippen molar-refractivity contribution >= 4 is 17.9 Å². The average Bonchev–Trinajstić information content (AvgIpc) is 2.34. The third-order valence-electron chi connectivity index (χ3n) is 2.29. The zero-order valence-corrected chi connectivity index (χ0v) is 12.2. The minimum atomic E-state index is -0.757. The lowest BCUT2D eigenvalue weighted by molar-refractivity contribution is -0.386. The van der Waals surface area contributed by atoms with Crippen molar-refractivity contribution < 1.29 is 24.0 Å². The Morgan fingerprint density at radius 2 is 2.10 bits per heavy atom. The average molecular weight is 296 g/mol. The van der Waals surface area contributed by atoms with Gasteiger partial charge < -0.3 is 9.47 Å². The number of carbonyl (C=O) groups excluding carboxylic acids is 2. The molecule has 1 aromatic rings. The Balaban J connectivity index is 3.13. The molecular weight excluding hydrogens is 280 g/mol. The molecule has 0 aromatic carbocycles. The first kappa shape index (κ1) is 16.5. The number of aromatic nitrogens is 1. The monoisotopic (exact) mass is 296 g/mol. The van der Waals surface area contributed by atoms with E-state index in [9.17, 15) is 19.7 Å². The Bertz CT molecular complexity index is 577. The van der Waals surface area contributed by atoms with Crippen LogP contribution in [-0.4, -0.2) is 34.9 Å². The van der Waals surface area contributed by atoms with E-state index in [-0.39, 0.29) is 23.6 Å². The maximum Gasteiger partial charge on any atom is 0.341 e. The first-order chi connectivity index (χ1) is 9.67. The molecule has 8 nitrogen and oxygen atoms in total. The quantitative estimate of drug-likeness (QED) is 0.352. The van der Waals surface area contributed by atoms with E-state index < -0.39 is 22.2 Å². The van der Waals surface area contributed by atoms with Crippen LogP contribution in [0.4, 0.5) is 5.69 Å². The van der Waals surface area contributed by atoms with Gasteiger partial charge in [0.25, 0.3) is 5.88 Å². The Hall–Kier alpha value is -2.51. The summed E-state index contributed by atoms with van der Waals surface area (Å²) in [5, 5.41) is 10.9. The number of carbonyl (C=O) groups is 2. The van der Waals surface area contributed by atoms with Crippen LogP contribution in [0.5, 0.6) is 5.88 Å². The Labute approximate surface area is 121 Å². The fourth-order valence-electron chi connectivity index (χ4n) is 1.62. The van der Waals surface area contributed by atoms with Gasteiger partial charge in [-0.25, -0.2) is 4.98 Å².